The first-order valence-corrected chi connectivity index (χ1v) is 7.81. The third-order valence-electron chi connectivity index (χ3n) is 3.92. The maximum absolute atomic E-state index is 12.3. The van der Waals surface area contributed by atoms with Crippen LogP contribution in [-0.2, 0) is 4.79 Å². The highest BCUT2D eigenvalue weighted by atomic mass is 79.9. The van der Waals surface area contributed by atoms with Crippen LogP contribution >= 0.6 is 15.9 Å². The summed E-state index contributed by atoms with van der Waals surface area (Å²) in [5.74, 6) is -1.31. The zero-order chi connectivity index (χ0) is 15.7. The first-order chi connectivity index (χ1) is 10.6. The van der Waals surface area contributed by atoms with E-state index in [-0.39, 0.29) is 12.6 Å². The lowest BCUT2D eigenvalue weighted by atomic mass is 10.1. The van der Waals surface area contributed by atoms with Gasteiger partial charge < -0.3 is 15.3 Å². The lowest BCUT2D eigenvalue weighted by Gasteiger charge is -2.18. The van der Waals surface area contributed by atoms with Crippen molar-refractivity contribution in [1.29, 1.82) is 0 Å². The van der Waals surface area contributed by atoms with Crippen LogP contribution in [0.3, 0.4) is 0 Å². The van der Waals surface area contributed by atoms with E-state index in [1.54, 1.807) is 4.90 Å². The largest absolute Gasteiger partial charge is 0.481 e. The Balaban J connectivity index is 1.82. The molecule has 0 aromatic heterocycles. The minimum Gasteiger partial charge on any atom is -0.481 e. The molecule has 2 amide bonds. The number of anilines is 1. The van der Waals surface area contributed by atoms with Crippen molar-refractivity contribution < 1.29 is 14.7 Å². The number of fused-ring (bicyclic) bond motifs is 1. The number of hydrogen-bond donors (Lipinski definition) is 2. The maximum atomic E-state index is 12.3. The van der Waals surface area contributed by atoms with Gasteiger partial charge in [0, 0.05) is 22.9 Å². The van der Waals surface area contributed by atoms with Gasteiger partial charge in [0.1, 0.15) is 0 Å². The molecule has 0 bridgehead atoms. The van der Waals surface area contributed by atoms with Gasteiger partial charge >= 0.3 is 12.0 Å². The molecule has 2 aromatic rings. The molecule has 2 aromatic carbocycles. The summed E-state index contributed by atoms with van der Waals surface area (Å²) in [6.45, 7) is 0.724. The van der Waals surface area contributed by atoms with Gasteiger partial charge in [0.05, 0.1) is 11.6 Å². The van der Waals surface area contributed by atoms with Crippen LogP contribution < -0.4 is 5.32 Å². The van der Waals surface area contributed by atoms with E-state index in [2.05, 4.69) is 21.2 Å². The van der Waals surface area contributed by atoms with Gasteiger partial charge in [0.25, 0.3) is 0 Å². The first kappa shape index (κ1) is 14.8. The fourth-order valence-corrected chi connectivity index (χ4v) is 3.34. The summed E-state index contributed by atoms with van der Waals surface area (Å²) in [5, 5.41) is 13.9. The van der Waals surface area contributed by atoms with Crippen molar-refractivity contribution in [2.45, 2.75) is 6.42 Å². The summed E-state index contributed by atoms with van der Waals surface area (Å²) < 4.78 is 0.908. The molecule has 3 rings (SSSR count). The number of nitrogens with one attached hydrogen (secondary N) is 1. The van der Waals surface area contributed by atoms with Gasteiger partial charge in [0.15, 0.2) is 0 Å². The third-order valence-corrected chi connectivity index (χ3v) is 4.58. The number of nitrogens with zero attached hydrogens (tertiary/aromatic N) is 1. The third kappa shape index (κ3) is 2.78. The van der Waals surface area contributed by atoms with Gasteiger partial charge in [-0.3, -0.25) is 4.79 Å². The molecule has 6 heteroatoms. The van der Waals surface area contributed by atoms with Gasteiger partial charge in [0.2, 0.25) is 0 Å². The second-order valence-electron chi connectivity index (χ2n) is 5.34. The van der Waals surface area contributed by atoms with E-state index in [0.717, 1.165) is 15.2 Å². The fourth-order valence-electron chi connectivity index (χ4n) is 2.74. The molecule has 1 saturated heterocycles. The van der Waals surface area contributed by atoms with E-state index in [0.29, 0.717) is 18.7 Å². The molecule has 114 valence electrons. The van der Waals surface area contributed by atoms with Crippen LogP contribution in [0.4, 0.5) is 10.5 Å². The maximum Gasteiger partial charge on any atom is 0.321 e. The number of carboxylic acid groups (broad SMARTS) is 1. The standard InChI is InChI=1S/C16H15BrN2O3/c17-12-5-1-3-10-4-2-6-13(14(10)12)18-16(22)19-8-7-11(9-19)15(20)21/h1-6,11H,7-9H2,(H,18,22)(H,20,21). The molecule has 22 heavy (non-hydrogen) atoms. The van der Waals surface area contributed by atoms with Crippen molar-refractivity contribution >= 4 is 44.4 Å². The Labute approximate surface area is 136 Å². The molecule has 1 fully saturated rings. The van der Waals surface area contributed by atoms with Crippen molar-refractivity contribution in [1.82, 2.24) is 4.90 Å². The summed E-state index contributed by atoms with van der Waals surface area (Å²) in [4.78, 5) is 24.9. The Bertz CT molecular complexity index is 742. The van der Waals surface area contributed by atoms with Crippen LogP contribution in [0.1, 0.15) is 6.42 Å². The average molecular weight is 363 g/mol. The Morgan fingerprint density at radius 2 is 1.95 bits per heavy atom. The molecule has 5 nitrogen and oxygen atoms in total. The zero-order valence-corrected chi connectivity index (χ0v) is 13.3. The number of carbonyl (C=O) groups is 2. The van der Waals surface area contributed by atoms with Gasteiger partial charge in [-0.15, -0.1) is 0 Å². The number of aliphatic carboxylic acids is 1. The molecule has 0 radical (unpaired) electrons. The smallest absolute Gasteiger partial charge is 0.321 e. The van der Waals surface area contributed by atoms with Crippen LogP contribution in [0.15, 0.2) is 40.9 Å². The number of rotatable bonds is 2. The fraction of sp³-hybridized carbons (Fsp3) is 0.250. The molecule has 2 N–H and O–H groups in total. The predicted octanol–water partition coefficient (Wildman–Crippen LogP) is 3.54. The van der Waals surface area contributed by atoms with Crippen LogP contribution in [0.5, 0.6) is 0 Å². The zero-order valence-electron chi connectivity index (χ0n) is 11.8. The molecule has 0 aliphatic carbocycles. The molecule has 1 atom stereocenters. The Morgan fingerprint density at radius 3 is 2.64 bits per heavy atom. The van der Waals surface area contributed by atoms with Crippen LogP contribution in [0, 0.1) is 5.92 Å². The lowest BCUT2D eigenvalue weighted by Crippen LogP contribution is -2.33. The summed E-state index contributed by atoms with van der Waals surface area (Å²) in [7, 11) is 0. The van der Waals surface area contributed by atoms with E-state index in [9.17, 15) is 9.59 Å². The van der Waals surface area contributed by atoms with Crippen molar-refractivity contribution in [2.24, 2.45) is 5.92 Å². The summed E-state index contributed by atoms with van der Waals surface area (Å²) in [6, 6.07) is 11.3. The van der Waals surface area contributed by atoms with E-state index >= 15 is 0 Å². The van der Waals surface area contributed by atoms with Crippen molar-refractivity contribution in [3.8, 4) is 0 Å². The van der Waals surface area contributed by atoms with Gasteiger partial charge in [-0.05, 0) is 23.9 Å². The van der Waals surface area contributed by atoms with E-state index in [4.69, 9.17) is 5.11 Å². The first-order valence-electron chi connectivity index (χ1n) is 7.02. The van der Waals surface area contributed by atoms with E-state index < -0.39 is 11.9 Å². The molecular weight excluding hydrogens is 348 g/mol. The molecular formula is C16H15BrN2O3. The summed E-state index contributed by atoms with van der Waals surface area (Å²) in [5.41, 5.74) is 0.716. The average Bonchev–Trinajstić information content (AvgIpc) is 2.97. The number of urea groups is 1. The minimum atomic E-state index is -0.844. The quantitative estimate of drug-likeness (QED) is 0.858. The van der Waals surface area contributed by atoms with Crippen LogP contribution in [0.25, 0.3) is 10.8 Å². The number of carboxylic acids is 1. The molecule has 1 heterocycles. The normalized spacial score (nSPS) is 17.7. The number of carbonyl (C=O) groups excluding carboxylic acids is 1. The number of benzene rings is 2. The number of hydrogen-bond acceptors (Lipinski definition) is 2. The number of halogens is 1. The van der Waals surface area contributed by atoms with Crippen molar-refractivity contribution in [2.75, 3.05) is 18.4 Å². The van der Waals surface area contributed by atoms with Crippen LogP contribution in [-0.4, -0.2) is 35.1 Å². The highest BCUT2D eigenvalue weighted by Gasteiger charge is 2.31. The summed E-state index contributed by atoms with van der Waals surface area (Å²) >= 11 is 3.51. The Kier molecular flexibility index (Phi) is 4.02. The van der Waals surface area contributed by atoms with E-state index in [1.807, 2.05) is 36.4 Å². The van der Waals surface area contributed by atoms with Crippen molar-refractivity contribution in [3.63, 3.8) is 0 Å². The number of likely N-dealkylation sites (tertiary alicyclic amines) is 1. The predicted molar refractivity (Wildman–Crippen MR) is 88.0 cm³/mol. The Morgan fingerprint density at radius 1 is 1.23 bits per heavy atom. The monoisotopic (exact) mass is 362 g/mol. The van der Waals surface area contributed by atoms with Gasteiger partial charge in [-0.1, -0.05) is 40.2 Å². The van der Waals surface area contributed by atoms with Crippen molar-refractivity contribution in [3.05, 3.63) is 40.9 Å². The second-order valence-corrected chi connectivity index (χ2v) is 6.20. The topological polar surface area (TPSA) is 69.6 Å². The van der Waals surface area contributed by atoms with E-state index in [1.165, 1.54) is 0 Å². The van der Waals surface area contributed by atoms with Gasteiger partial charge in [-0.25, -0.2) is 4.79 Å². The molecule has 1 unspecified atom stereocenters. The summed E-state index contributed by atoms with van der Waals surface area (Å²) in [6.07, 6.45) is 0.502. The SMILES string of the molecule is O=C(O)C1CCN(C(=O)Nc2cccc3cccc(Br)c23)C1. The second kappa shape index (κ2) is 5.96. The molecule has 0 spiro atoms. The number of amides is 2. The highest BCUT2D eigenvalue weighted by molar-refractivity contribution is 9.10. The van der Waals surface area contributed by atoms with Gasteiger partial charge in [-0.2, -0.15) is 0 Å². The molecule has 1 aliphatic heterocycles. The minimum absolute atomic E-state index is 0.257. The molecule has 0 saturated carbocycles. The Hall–Kier alpha value is -2.08. The van der Waals surface area contributed by atoms with Crippen LogP contribution in [0.2, 0.25) is 0 Å². The molecule has 1 aliphatic rings. The highest BCUT2D eigenvalue weighted by Crippen LogP contribution is 2.31. The lowest BCUT2D eigenvalue weighted by molar-refractivity contribution is -0.141.